The van der Waals surface area contributed by atoms with Crippen LogP contribution in [0.5, 0.6) is 0 Å². The van der Waals surface area contributed by atoms with Gasteiger partial charge < -0.3 is 5.11 Å². The van der Waals surface area contributed by atoms with E-state index in [4.69, 9.17) is 5.11 Å². The van der Waals surface area contributed by atoms with Gasteiger partial charge in [-0.15, -0.1) is 23.1 Å². The number of carboxylic acid groups (broad SMARTS) is 1. The van der Waals surface area contributed by atoms with Crippen LogP contribution in [0.2, 0.25) is 0 Å². The fourth-order valence-corrected chi connectivity index (χ4v) is 3.20. The summed E-state index contributed by atoms with van der Waals surface area (Å²) in [5.41, 5.74) is 1.34. The van der Waals surface area contributed by atoms with Crippen molar-refractivity contribution in [3.05, 3.63) is 53.3 Å². The number of rotatable bonds is 4. The minimum Gasteiger partial charge on any atom is -0.478 e. The van der Waals surface area contributed by atoms with Gasteiger partial charge in [0, 0.05) is 28.4 Å². The lowest BCUT2D eigenvalue weighted by atomic mass is 10.2. The van der Waals surface area contributed by atoms with Gasteiger partial charge in [0.25, 0.3) is 0 Å². The quantitative estimate of drug-likeness (QED) is 0.748. The zero-order valence-corrected chi connectivity index (χ0v) is 11.4. The van der Waals surface area contributed by atoms with Crippen molar-refractivity contribution in [2.75, 3.05) is 0 Å². The van der Waals surface area contributed by atoms with Crippen LogP contribution < -0.4 is 0 Å². The molecule has 0 atom stereocenters. The molecule has 3 aromatic rings. The molecule has 0 bridgehead atoms. The number of fused-ring (bicyclic) bond motifs is 1. The van der Waals surface area contributed by atoms with Gasteiger partial charge in [-0.25, -0.2) is 9.78 Å². The van der Waals surface area contributed by atoms with Gasteiger partial charge in [0.2, 0.25) is 0 Å². The maximum atomic E-state index is 10.7. The molecule has 0 aliphatic heterocycles. The maximum absolute atomic E-state index is 10.7. The Kier molecular flexibility index (Phi) is 3.27. The Labute approximate surface area is 117 Å². The molecule has 0 aliphatic carbocycles. The van der Waals surface area contributed by atoms with Gasteiger partial charge >= 0.3 is 5.97 Å². The van der Waals surface area contributed by atoms with Crippen LogP contribution >= 0.6 is 23.1 Å². The van der Waals surface area contributed by atoms with Crippen LogP contribution in [0.3, 0.4) is 0 Å². The van der Waals surface area contributed by atoms with Crippen LogP contribution in [0.4, 0.5) is 0 Å². The summed E-state index contributed by atoms with van der Waals surface area (Å²) < 4.78 is 2.01. The third-order valence-electron chi connectivity index (χ3n) is 2.63. The minimum absolute atomic E-state index is 0.312. The van der Waals surface area contributed by atoms with Gasteiger partial charge in [0.1, 0.15) is 0 Å². The van der Waals surface area contributed by atoms with Crippen molar-refractivity contribution in [3.8, 4) is 0 Å². The van der Waals surface area contributed by atoms with E-state index in [0.717, 1.165) is 21.3 Å². The van der Waals surface area contributed by atoms with Crippen LogP contribution in [0.15, 0.2) is 46.9 Å². The van der Waals surface area contributed by atoms with E-state index in [2.05, 4.69) is 4.98 Å². The van der Waals surface area contributed by atoms with E-state index in [1.54, 1.807) is 35.2 Å². The Morgan fingerprint density at radius 2 is 2.16 bits per heavy atom. The van der Waals surface area contributed by atoms with E-state index in [-0.39, 0.29) is 0 Å². The topological polar surface area (TPSA) is 54.6 Å². The van der Waals surface area contributed by atoms with Crippen molar-refractivity contribution in [1.82, 2.24) is 9.38 Å². The molecule has 1 aromatic carbocycles. The molecule has 0 saturated heterocycles. The monoisotopic (exact) mass is 290 g/mol. The third kappa shape index (κ3) is 2.64. The molecule has 0 unspecified atom stereocenters. The first-order valence-electron chi connectivity index (χ1n) is 5.59. The van der Waals surface area contributed by atoms with Gasteiger partial charge in [-0.3, -0.25) is 4.40 Å². The molecule has 0 radical (unpaired) electrons. The fourth-order valence-electron chi connectivity index (χ4n) is 1.70. The molecule has 19 heavy (non-hydrogen) atoms. The maximum Gasteiger partial charge on any atom is 0.335 e. The second kappa shape index (κ2) is 5.07. The highest BCUT2D eigenvalue weighted by atomic mass is 32.2. The summed E-state index contributed by atoms with van der Waals surface area (Å²) in [7, 11) is 0. The van der Waals surface area contributed by atoms with E-state index < -0.39 is 5.97 Å². The van der Waals surface area contributed by atoms with Crippen molar-refractivity contribution in [1.29, 1.82) is 0 Å². The zero-order valence-electron chi connectivity index (χ0n) is 9.81. The van der Waals surface area contributed by atoms with Crippen LogP contribution in [0, 0.1) is 0 Å². The molecule has 4 nitrogen and oxygen atoms in total. The number of aromatic nitrogens is 2. The average molecular weight is 290 g/mol. The molecule has 0 spiro atoms. The fraction of sp³-hybridized carbons (Fsp3) is 0.0769. The van der Waals surface area contributed by atoms with Crippen molar-refractivity contribution in [3.63, 3.8) is 0 Å². The summed E-state index contributed by atoms with van der Waals surface area (Å²) in [5, 5.41) is 10.8. The molecule has 6 heteroatoms. The summed E-state index contributed by atoms with van der Waals surface area (Å²) in [5.74, 6) is -0.119. The normalized spacial score (nSPS) is 10.9. The van der Waals surface area contributed by atoms with Crippen LogP contribution in [-0.2, 0) is 5.75 Å². The first kappa shape index (κ1) is 12.3. The Hall–Kier alpha value is -1.79. The molecule has 0 fully saturated rings. The van der Waals surface area contributed by atoms with Crippen molar-refractivity contribution >= 4 is 34.0 Å². The van der Waals surface area contributed by atoms with Crippen molar-refractivity contribution < 1.29 is 9.90 Å². The van der Waals surface area contributed by atoms with E-state index in [1.165, 1.54) is 0 Å². The number of benzene rings is 1. The first-order valence-corrected chi connectivity index (χ1v) is 7.46. The lowest BCUT2D eigenvalue weighted by molar-refractivity contribution is 0.0697. The lowest BCUT2D eigenvalue weighted by Gasteiger charge is -2.00. The number of thioether (sulfide) groups is 1. The third-order valence-corrected chi connectivity index (χ3v) is 4.45. The van der Waals surface area contributed by atoms with Crippen LogP contribution in [0.1, 0.15) is 16.1 Å². The van der Waals surface area contributed by atoms with E-state index in [1.807, 2.05) is 34.3 Å². The largest absolute Gasteiger partial charge is 0.478 e. The number of hydrogen-bond acceptors (Lipinski definition) is 4. The number of hydrogen-bond donors (Lipinski definition) is 1. The molecule has 96 valence electrons. The van der Waals surface area contributed by atoms with Crippen molar-refractivity contribution in [2.45, 2.75) is 10.6 Å². The predicted octanol–water partition coefficient (Wildman–Crippen LogP) is 3.39. The molecule has 2 aromatic heterocycles. The standard InChI is InChI=1S/C13H10N2O2S2/c16-12(17)9-1-3-11(4-2-9)19-8-10-7-15-5-6-18-13(15)14-10/h1-7H,8H2,(H,16,17). The minimum atomic E-state index is -0.897. The highest BCUT2D eigenvalue weighted by molar-refractivity contribution is 7.98. The molecule has 1 N–H and O–H groups in total. The lowest BCUT2D eigenvalue weighted by Crippen LogP contribution is -1.94. The van der Waals surface area contributed by atoms with E-state index in [0.29, 0.717) is 5.56 Å². The second-order valence-electron chi connectivity index (χ2n) is 3.94. The molecular weight excluding hydrogens is 280 g/mol. The summed E-state index contributed by atoms with van der Waals surface area (Å²) in [6.45, 7) is 0. The summed E-state index contributed by atoms with van der Waals surface area (Å²) >= 11 is 3.26. The highest BCUT2D eigenvalue weighted by Gasteiger charge is 2.05. The Bertz CT molecular complexity index is 687. The summed E-state index contributed by atoms with van der Waals surface area (Å²) in [6.07, 6.45) is 4.01. The number of nitrogens with zero attached hydrogens (tertiary/aromatic N) is 2. The first-order chi connectivity index (χ1) is 9.22. The average Bonchev–Trinajstić information content (AvgIpc) is 2.97. The summed E-state index contributed by atoms with van der Waals surface area (Å²) in [4.78, 5) is 17.3. The van der Waals surface area contributed by atoms with Gasteiger partial charge in [-0.2, -0.15) is 0 Å². The van der Waals surface area contributed by atoms with E-state index in [9.17, 15) is 4.79 Å². The van der Waals surface area contributed by atoms with E-state index >= 15 is 0 Å². The number of thiazole rings is 1. The number of carbonyl (C=O) groups is 1. The van der Waals surface area contributed by atoms with Gasteiger partial charge in [0.05, 0.1) is 11.3 Å². The van der Waals surface area contributed by atoms with Crippen molar-refractivity contribution in [2.24, 2.45) is 0 Å². The predicted molar refractivity (Wildman–Crippen MR) is 76.0 cm³/mol. The summed E-state index contributed by atoms with van der Waals surface area (Å²) in [6, 6.07) is 6.89. The number of carboxylic acids is 1. The Balaban J connectivity index is 1.68. The zero-order chi connectivity index (χ0) is 13.2. The molecule has 2 heterocycles. The molecule has 0 amide bonds. The van der Waals surface area contributed by atoms with Gasteiger partial charge in [-0.1, -0.05) is 0 Å². The smallest absolute Gasteiger partial charge is 0.335 e. The van der Waals surface area contributed by atoms with Crippen LogP contribution in [-0.4, -0.2) is 20.5 Å². The molecule has 0 saturated carbocycles. The number of imidazole rings is 1. The molecule has 0 aliphatic rings. The highest BCUT2D eigenvalue weighted by Crippen LogP contribution is 2.23. The molecule has 3 rings (SSSR count). The SMILES string of the molecule is O=C(O)c1ccc(SCc2cn3ccsc3n2)cc1. The molecular formula is C13H10N2O2S2. The van der Waals surface area contributed by atoms with Gasteiger partial charge in [0.15, 0.2) is 4.96 Å². The second-order valence-corrected chi connectivity index (χ2v) is 5.87. The number of aromatic carboxylic acids is 1. The van der Waals surface area contributed by atoms with Gasteiger partial charge in [-0.05, 0) is 24.3 Å². The van der Waals surface area contributed by atoms with Crippen LogP contribution in [0.25, 0.3) is 4.96 Å². The Morgan fingerprint density at radius 1 is 1.37 bits per heavy atom. The Morgan fingerprint density at radius 3 is 2.84 bits per heavy atom.